The molecule has 0 spiro atoms. The van der Waals surface area contributed by atoms with Gasteiger partial charge in [0.2, 0.25) is 0 Å². The molecule has 3 nitrogen and oxygen atoms in total. The van der Waals surface area contributed by atoms with Crippen LogP contribution in [-0.2, 0) is 0 Å². The van der Waals surface area contributed by atoms with Gasteiger partial charge in [-0.05, 0) is 18.2 Å². The third kappa shape index (κ3) is 1.28. The van der Waals surface area contributed by atoms with E-state index in [4.69, 9.17) is 0 Å². The Morgan fingerprint density at radius 3 is 3.00 bits per heavy atom. The Balaban J connectivity index is 2.75. The van der Waals surface area contributed by atoms with Crippen molar-refractivity contribution in [3.8, 4) is 0 Å². The molecule has 0 saturated heterocycles. The third-order valence-electron chi connectivity index (χ3n) is 1.68. The molecule has 0 aromatic heterocycles. The van der Waals surface area contributed by atoms with Crippen LogP contribution >= 0.6 is 0 Å². The number of allylic oxidation sites excluding steroid dienone is 1. The van der Waals surface area contributed by atoms with Crippen molar-refractivity contribution in [1.82, 2.24) is 0 Å². The SMILES string of the molecule is [O-][NH+]1C=CC=c2ccccc2=N1. The average Bonchev–Trinajstić information content (AvgIpc) is 2.25. The first kappa shape index (κ1) is 7.21. The maximum Gasteiger partial charge on any atom is 0.126 e. The zero-order valence-corrected chi connectivity index (χ0v) is 6.40. The van der Waals surface area contributed by atoms with Crippen LogP contribution in [0.4, 0.5) is 0 Å². The molecular weight excluding hydrogens is 152 g/mol. The second-order valence-corrected chi connectivity index (χ2v) is 2.53. The van der Waals surface area contributed by atoms with E-state index in [2.05, 4.69) is 5.10 Å². The lowest BCUT2D eigenvalue weighted by atomic mass is 10.3. The molecule has 1 atom stereocenters. The Morgan fingerprint density at radius 2 is 2.08 bits per heavy atom. The monoisotopic (exact) mass is 160 g/mol. The number of fused-ring (bicyclic) bond motifs is 1. The van der Waals surface area contributed by atoms with Gasteiger partial charge in [0, 0.05) is 5.22 Å². The van der Waals surface area contributed by atoms with E-state index in [-0.39, 0.29) is 5.17 Å². The molecule has 0 radical (unpaired) electrons. The van der Waals surface area contributed by atoms with Crippen LogP contribution in [-0.4, -0.2) is 0 Å². The van der Waals surface area contributed by atoms with Gasteiger partial charge in [0.25, 0.3) is 0 Å². The van der Waals surface area contributed by atoms with Gasteiger partial charge in [0.05, 0.1) is 0 Å². The second-order valence-electron chi connectivity index (χ2n) is 2.53. The Kier molecular flexibility index (Phi) is 1.74. The summed E-state index contributed by atoms with van der Waals surface area (Å²) in [6, 6.07) is 7.56. The van der Waals surface area contributed by atoms with Crippen LogP contribution in [0.3, 0.4) is 0 Å². The van der Waals surface area contributed by atoms with Gasteiger partial charge in [-0.15, -0.1) is 0 Å². The van der Waals surface area contributed by atoms with Crippen molar-refractivity contribution in [3.63, 3.8) is 0 Å². The predicted octanol–water partition coefficient (Wildman–Crippen LogP) is -1.09. The zero-order chi connectivity index (χ0) is 8.39. The summed E-state index contributed by atoms with van der Waals surface area (Å²) in [5.41, 5.74) is 0. The van der Waals surface area contributed by atoms with Crippen LogP contribution in [0.5, 0.6) is 0 Å². The fourth-order valence-electron chi connectivity index (χ4n) is 1.12. The van der Waals surface area contributed by atoms with Crippen molar-refractivity contribution in [3.05, 3.63) is 52.3 Å². The summed E-state index contributed by atoms with van der Waals surface area (Å²) in [6.07, 6.45) is 5.06. The van der Waals surface area contributed by atoms with Crippen LogP contribution in [0.2, 0.25) is 0 Å². The summed E-state index contributed by atoms with van der Waals surface area (Å²) >= 11 is 0. The Labute approximate surface area is 69.5 Å². The standard InChI is InChI=1S/C9H8N2O/c12-11-7-3-5-8-4-1-2-6-9(8)10-11/h1-7,11H. The summed E-state index contributed by atoms with van der Waals surface area (Å²) in [4.78, 5) is 0. The van der Waals surface area contributed by atoms with Crippen LogP contribution < -0.4 is 15.7 Å². The smallest absolute Gasteiger partial charge is 0.126 e. The van der Waals surface area contributed by atoms with Crippen LogP contribution in [0.15, 0.2) is 41.6 Å². The van der Waals surface area contributed by atoms with Crippen LogP contribution in [0.1, 0.15) is 0 Å². The van der Waals surface area contributed by atoms with E-state index in [1.165, 1.54) is 6.20 Å². The minimum atomic E-state index is -0.198. The van der Waals surface area contributed by atoms with Gasteiger partial charge < -0.3 is 5.21 Å². The first-order valence-corrected chi connectivity index (χ1v) is 3.72. The number of nitrogens with one attached hydrogen (secondary N) is 1. The lowest BCUT2D eigenvalue weighted by Gasteiger charge is -2.05. The molecule has 1 aromatic carbocycles. The van der Waals surface area contributed by atoms with Crippen molar-refractivity contribution < 1.29 is 5.17 Å². The Morgan fingerprint density at radius 1 is 1.25 bits per heavy atom. The van der Waals surface area contributed by atoms with Crippen molar-refractivity contribution in [2.24, 2.45) is 5.10 Å². The minimum Gasteiger partial charge on any atom is -0.601 e. The van der Waals surface area contributed by atoms with E-state index in [9.17, 15) is 5.21 Å². The van der Waals surface area contributed by atoms with Crippen molar-refractivity contribution in [1.29, 1.82) is 0 Å². The predicted molar refractivity (Wildman–Crippen MR) is 45.2 cm³/mol. The first-order chi connectivity index (χ1) is 5.86. The number of para-hydroxylation sites is 1. The maximum atomic E-state index is 11.0. The highest BCUT2D eigenvalue weighted by molar-refractivity contribution is 5.35. The summed E-state index contributed by atoms with van der Waals surface area (Å²) < 4.78 is 0. The number of rotatable bonds is 0. The number of hydrogen-bond acceptors (Lipinski definition) is 2. The molecule has 2 rings (SSSR count). The first-order valence-electron chi connectivity index (χ1n) is 3.72. The van der Waals surface area contributed by atoms with E-state index in [1.54, 1.807) is 6.08 Å². The van der Waals surface area contributed by atoms with Crippen LogP contribution in [0.25, 0.3) is 6.08 Å². The van der Waals surface area contributed by atoms with E-state index in [0.717, 1.165) is 10.6 Å². The fourth-order valence-corrected chi connectivity index (χ4v) is 1.12. The minimum absolute atomic E-state index is 0.198. The number of benzene rings is 1. The van der Waals surface area contributed by atoms with E-state index >= 15 is 0 Å². The number of hydrogen-bond donors (Lipinski definition) is 1. The molecule has 0 bridgehead atoms. The molecule has 1 unspecified atom stereocenters. The summed E-state index contributed by atoms with van der Waals surface area (Å²) in [7, 11) is 0. The summed E-state index contributed by atoms with van der Waals surface area (Å²) in [5, 5.41) is 16.4. The van der Waals surface area contributed by atoms with Crippen molar-refractivity contribution in [2.45, 2.75) is 0 Å². The van der Waals surface area contributed by atoms with Gasteiger partial charge in [-0.25, -0.2) is 5.17 Å². The molecule has 1 aliphatic heterocycles. The van der Waals surface area contributed by atoms with E-state index in [1.807, 2.05) is 30.3 Å². The summed E-state index contributed by atoms with van der Waals surface area (Å²) in [5.74, 6) is 0. The second kappa shape index (κ2) is 2.89. The highest BCUT2D eigenvalue weighted by Crippen LogP contribution is 1.74. The Hall–Kier alpha value is -1.45. The highest BCUT2D eigenvalue weighted by atomic mass is 16.5. The molecule has 0 fully saturated rings. The molecule has 3 heteroatoms. The lowest BCUT2D eigenvalue weighted by Crippen LogP contribution is -2.97. The fraction of sp³-hybridized carbons (Fsp3) is 0. The molecule has 12 heavy (non-hydrogen) atoms. The summed E-state index contributed by atoms with van der Waals surface area (Å²) in [6.45, 7) is 0. The number of hydroxylamine groups is 1. The van der Waals surface area contributed by atoms with Gasteiger partial charge in [0.15, 0.2) is 0 Å². The van der Waals surface area contributed by atoms with E-state index in [0.29, 0.717) is 0 Å². The Bertz CT molecular complexity index is 422. The zero-order valence-electron chi connectivity index (χ0n) is 6.40. The normalized spacial score (nSPS) is 20.2. The largest absolute Gasteiger partial charge is 0.601 e. The highest BCUT2D eigenvalue weighted by Gasteiger charge is 1.92. The van der Waals surface area contributed by atoms with Crippen molar-refractivity contribution in [2.75, 3.05) is 0 Å². The average molecular weight is 160 g/mol. The van der Waals surface area contributed by atoms with Gasteiger partial charge in [-0.1, -0.05) is 23.3 Å². The van der Waals surface area contributed by atoms with Gasteiger partial charge >= 0.3 is 0 Å². The van der Waals surface area contributed by atoms with Gasteiger partial charge in [-0.3, -0.25) is 0 Å². The third-order valence-corrected chi connectivity index (χ3v) is 1.68. The van der Waals surface area contributed by atoms with Crippen molar-refractivity contribution >= 4 is 6.08 Å². The molecule has 1 aliphatic rings. The molecular formula is C9H8N2O. The molecule has 1 heterocycles. The topological polar surface area (TPSA) is 39.9 Å². The van der Waals surface area contributed by atoms with Gasteiger partial charge in [0.1, 0.15) is 11.6 Å². The number of quaternary nitrogens is 1. The molecule has 0 saturated carbocycles. The molecule has 1 N–H and O–H groups in total. The van der Waals surface area contributed by atoms with E-state index < -0.39 is 0 Å². The lowest BCUT2D eigenvalue weighted by molar-refractivity contribution is -0.801. The molecule has 1 aromatic rings. The maximum absolute atomic E-state index is 11.0. The van der Waals surface area contributed by atoms with Crippen LogP contribution in [0, 0.1) is 5.21 Å². The number of nitrogens with zero attached hydrogens (tertiary/aromatic N) is 1. The molecule has 0 amide bonds. The molecule has 0 aliphatic carbocycles. The van der Waals surface area contributed by atoms with Gasteiger partial charge in [-0.2, -0.15) is 0 Å². The quantitative estimate of drug-likeness (QED) is 0.481. The molecule has 60 valence electrons.